The van der Waals surface area contributed by atoms with Gasteiger partial charge < -0.3 is 60.7 Å². The lowest BCUT2D eigenvalue weighted by molar-refractivity contribution is -0.315. The van der Waals surface area contributed by atoms with Crippen molar-refractivity contribution in [3.63, 3.8) is 0 Å². The second-order valence-corrected chi connectivity index (χ2v) is 7.60. The van der Waals surface area contributed by atoms with E-state index in [1.54, 1.807) is 0 Å². The van der Waals surface area contributed by atoms with Crippen LogP contribution in [0.2, 0.25) is 0 Å². The van der Waals surface area contributed by atoms with Crippen LogP contribution in [-0.2, 0) is 18.6 Å². The van der Waals surface area contributed by atoms with Crippen LogP contribution >= 0.6 is 7.82 Å². The number of nitrogens with two attached hydrogens (primary N) is 1. The molecular weight excluding hydrogens is 397 g/mol. The van der Waals surface area contributed by atoms with E-state index < -0.39 is 81.7 Å². The first-order valence-corrected chi connectivity index (χ1v) is 9.41. The topological polar surface area (TPSA) is 253 Å². The highest BCUT2D eigenvalue weighted by atomic mass is 31.2. The molecule has 27 heavy (non-hydrogen) atoms. The molecule has 160 valence electrons. The maximum atomic E-state index is 10.9. The zero-order chi connectivity index (χ0) is 20.7. The Morgan fingerprint density at radius 1 is 0.852 bits per heavy atom. The molecule has 0 aromatic carbocycles. The molecule has 2 unspecified atom stereocenters. The Bertz CT molecular complexity index is 529. The van der Waals surface area contributed by atoms with Gasteiger partial charge >= 0.3 is 7.82 Å². The minimum atomic E-state index is -5.17. The van der Waals surface area contributed by atoms with Crippen LogP contribution in [0.25, 0.3) is 0 Å². The third kappa shape index (κ3) is 4.83. The van der Waals surface area contributed by atoms with Crippen molar-refractivity contribution in [2.75, 3.05) is 6.61 Å². The van der Waals surface area contributed by atoms with E-state index in [-0.39, 0.29) is 0 Å². The summed E-state index contributed by atoms with van der Waals surface area (Å²) >= 11 is 0. The zero-order valence-corrected chi connectivity index (χ0v) is 14.6. The van der Waals surface area contributed by atoms with Gasteiger partial charge in [0.1, 0.15) is 54.9 Å². The Morgan fingerprint density at radius 2 is 1.33 bits per heavy atom. The molecule has 0 spiro atoms. The summed E-state index contributed by atoms with van der Waals surface area (Å²) in [5, 5.41) is 68.9. The van der Waals surface area contributed by atoms with Gasteiger partial charge in [0, 0.05) is 0 Å². The molecule has 11 N–H and O–H groups in total. The average molecular weight is 421 g/mol. The van der Waals surface area contributed by atoms with Crippen LogP contribution in [0.5, 0.6) is 0 Å². The first-order chi connectivity index (χ1) is 12.4. The Labute approximate surface area is 152 Å². The Morgan fingerprint density at radius 3 is 1.78 bits per heavy atom. The summed E-state index contributed by atoms with van der Waals surface area (Å²) in [4.78, 5) is 17.6. The van der Waals surface area contributed by atoms with Gasteiger partial charge in [-0.15, -0.1) is 0 Å². The summed E-state index contributed by atoms with van der Waals surface area (Å²) in [5.74, 6) is 0. The normalized spacial score (nSPS) is 49.2. The van der Waals surface area contributed by atoms with Crippen LogP contribution in [0.4, 0.5) is 0 Å². The lowest BCUT2D eigenvalue weighted by atomic mass is 9.84. The predicted octanol–water partition coefficient (Wildman–Crippen LogP) is -5.93. The van der Waals surface area contributed by atoms with Crippen molar-refractivity contribution in [2.45, 2.75) is 67.3 Å². The lowest BCUT2D eigenvalue weighted by Crippen LogP contribution is -2.68. The van der Waals surface area contributed by atoms with Crippen LogP contribution in [-0.4, -0.2) is 119 Å². The number of hydrogen-bond acceptors (Lipinski definition) is 12. The van der Waals surface area contributed by atoms with Gasteiger partial charge in [-0.3, -0.25) is 4.52 Å². The van der Waals surface area contributed by atoms with E-state index in [0.717, 1.165) is 0 Å². The van der Waals surface area contributed by atoms with Gasteiger partial charge in [0.25, 0.3) is 0 Å². The summed E-state index contributed by atoms with van der Waals surface area (Å²) in [5.41, 5.74) is 5.66. The molecule has 14 nitrogen and oxygen atoms in total. The highest BCUT2D eigenvalue weighted by Crippen LogP contribution is 2.42. The van der Waals surface area contributed by atoms with Gasteiger partial charge in [0.05, 0.1) is 12.6 Å². The van der Waals surface area contributed by atoms with E-state index in [1.807, 2.05) is 0 Å². The number of aliphatic hydroxyl groups excluding tert-OH is 7. The summed E-state index contributed by atoms with van der Waals surface area (Å²) in [7, 11) is -5.17. The van der Waals surface area contributed by atoms with Gasteiger partial charge in [0.15, 0.2) is 6.29 Å². The fraction of sp³-hybridized carbons (Fsp3) is 1.00. The van der Waals surface area contributed by atoms with Crippen molar-refractivity contribution in [3.8, 4) is 0 Å². The van der Waals surface area contributed by atoms with Crippen molar-refractivity contribution in [1.82, 2.24) is 0 Å². The Hall–Kier alpha value is -0.290. The van der Waals surface area contributed by atoms with E-state index in [4.69, 9.17) is 30.1 Å². The molecule has 2 aliphatic rings. The minimum absolute atomic E-state index is 0.718. The van der Waals surface area contributed by atoms with Crippen molar-refractivity contribution in [3.05, 3.63) is 0 Å². The largest absolute Gasteiger partial charge is 0.470 e. The second-order valence-electron chi connectivity index (χ2n) is 6.41. The maximum absolute atomic E-state index is 10.9. The molecule has 15 heteroatoms. The Balaban J connectivity index is 2.15. The van der Waals surface area contributed by atoms with Gasteiger partial charge in [0.2, 0.25) is 0 Å². The highest BCUT2D eigenvalue weighted by Gasteiger charge is 2.54. The summed E-state index contributed by atoms with van der Waals surface area (Å²) in [6.07, 6.45) is -18.0. The van der Waals surface area contributed by atoms with Crippen LogP contribution in [0.1, 0.15) is 0 Å². The van der Waals surface area contributed by atoms with Crippen molar-refractivity contribution in [1.29, 1.82) is 0 Å². The SMILES string of the molecule is N[C@H]1[C@@H](OC2[C@@H](O)[C@@H](O)C(OP(=O)(O)O)[C@H](O)[C@H]2O)O[C@H](CO)[C@H](O)[C@@H]1O. The minimum Gasteiger partial charge on any atom is -0.394 e. The number of aliphatic hydroxyl groups is 7. The number of phosphoric acid groups is 1. The number of ether oxygens (including phenoxy) is 2. The first kappa shape index (κ1) is 23.0. The van der Waals surface area contributed by atoms with E-state index in [1.165, 1.54) is 0 Å². The van der Waals surface area contributed by atoms with Gasteiger partial charge in [-0.25, -0.2) is 4.57 Å². The van der Waals surface area contributed by atoms with Crippen LogP contribution in [0, 0.1) is 0 Å². The van der Waals surface area contributed by atoms with Gasteiger partial charge in [-0.1, -0.05) is 0 Å². The van der Waals surface area contributed by atoms with Gasteiger partial charge in [-0.05, 0) is 0 Å². The van der Waals surface area contributed by atoms with Crippen LogP contribution in [0.15, 0.2) is 0 Å². The van der Waals surface area contributed by atoms with Crippen molar-refractivity contribution >= 4 is 7.82 Å². The third-order valence-electron chi connectivity index (χ3n) is 4.52. The molecule has 1 saturated carbocycles. The van der Waals surface area contributed by atoms with E-state index in [9.17, 15) is 35.2 Å². The fourth-order valence-electron chi connectivity index (χ4n) is 3.01. The first-order valence-electron chi connectivity index (χ1n) is 7.88. The molecule has 0 aromatic heterocycles. The molecular formula is C12H24NO13P. The summed E-state index contributed by atoms with van der Waals surface area (Å²) in [6.45, 7) is -0.718. The lowest BCUT2D eigenvalue weighted by Gasteiger charge is -2.46. The van der Waals surface area contributed by atoms with E-state index in [2.05, 4.69) is 4.52 Å². The molecule has 1 aliphatic heterocycles. The number of rotatable bonds is 5. The standard InChI is InChI=1S/C12H24NO13P/c13-3-5(16)4(15)2(1-14)24-12(3)25-10-6(17)8(19)11(9(20)7(10)18)26-27(21,22)23/h2-12,14-20H,1,13H2,(H2,21,22,23)/t2-,3-,4+,5-,6-,7+,8-,9-,10?,11?,12-/m1/s1. The summed E-state index contributed by atoms with van der Waals surface area (Å²) in [6, 6.07) is -1.39. The number of hydrogen-bond donors (Lipinski definition) is 10. The Kier molecular flexibility index (Phi) is 7.33. The smallest absolute Gasteiger partial charge is 0.394 e. The quantitative estimate of drug-likeness (QED) is 0.186. The molecule has 2 fully saturated rings. The van der Waals surface area contributed by atoms with Crippen LogP contribution in [0.3, 0.4) is 0 Å². The monoisotopic (exact) mass is 421 g/mol. The molecule has 0 aromatic rings. The third-order valence-corrected chi connectivity index (χ3v) is 5.04. The van der Waals surface area contributed by atoms with Gasteiger partial charge in [-0.2, -0.15) is 0 Å². The average Bonchev–Trinajstić information content (AvgIpc) is 2.59. The second kappa shape index (κ2) is 8.61. The molecule has 0 radical (unpaired) electrons. The molecule has 1 heterocycles. The molecule has 0 bridgehead atoms. The van der Waals surface area contributed by atoms with Crippen molar-refractivity contribution in [2.24, 2.45) is 5.73 Å². The molecule has 2 rings (SSSR count). The molecule has 1 saturated heterocycles. The van der Waals surface area contributed by atoms with Crippen LogP contribution < -0.4 is 5.73 Å². The fourth-order valence-corrected chi connectivity index (χ4v) is 3.57. The highest BCUT2D eigenvalue weighted by molar-refractivity contribution is 7.46. The maximum Gasteiger partial charge on any atom is 0.470 e. The molecule has 1 aliphatic carbocycles. The van der Waals surface area contributed by atoms with Crippen molar-refractivity contribution < 1.29 is 64.1 Å². The number of phosphoric ester groups is 1. The molecule has 11 atom stereocenters. The zero-order valence-electron chi connectivity index (χ0n) is 13.7. The predicted molar refractivity (Wildman–Crippen MR) is 81.6 cm³/mol. The van der Waals surface area contributed by atoms with E-state index in [0.29, 0.717) is 0 Å². The summed E-state index contributed by atoms with van der Waals surface area (Å²) < 4.78 is 25.5. The van der Waals surface area contributed by atoms with E-state index >= 15 is 0 Å². The molecule has 0 amide bonds.